The maximum Gasteiger partial charge on any atom is 0.0328 e. The third-order valence-electron chi connectivity index (χ3n) is 28.0. The molecule has 0 spiro atoms. The van der Waals surface area contributed by atoms with Gasteiger partial charge in [-0.15, -0.1) is 46.0 Å². The minimum Gasteiger partial charge on any atom is -2.00 e. The van der Waals surface area contributed by atoms with E-state index < -0.39 is 67.0 Å². The van der Waals surface area contributed by atoms with Crippen LogP contribution in [0.4, 0.5) is 0 Å². The maximum absolute atomic E-state index is 15.3. The Balaban J connectivity index is 0.000000480. The molecule has 0 atom stereocenters. The second-order valence-electron chi connectivity index (χ2n) is 56.6. The Bertz CT molecular complexity index is 5000. The van der Waals surface area contributed by atoms with Crippen molar-refractivity contribution in [2.75, 3.05) is 0 Å². The van der Waals surface area contributed by atoms with Gasteiger partial charge in [0.1, 0.15) is 0 Å². The van der Waals surface area contributed by atoms with Gasteiger partial charge in [0, 0.05) is 65.8 Å². The molecule has 768 valence electrons. The Morgan fingerprint density at radius 3 is 0.279 bits per heavy atom. The zero-order chi connectivity index (χ0) is 104. The molecular formula is C128H172Mo2O10-12. The largest absolute Gasteiger partial charge is 2.00 e. The molecule has 0 aliphatic rings. The van der Waals surface area contributed by atoms with Crippen LogP contribution in [-0.2, 0) is 140 Å². The summed E-state index contributed by atoms with van der Waals surface area (Å²) in [6, 6.07) is 49.2. The Labute approximate surface area is 877 Å². The van der Waals surface area contributed by atoms with Gasteiger partial charge >= 0.3 is 0 Å². The summed E-state index contributed by atoms with van der Waals surface area (Å²) in [7, 11) is 0. The average molecular weight is 2060 g/mol. The molecule has 0 unspecified atom stereocenters. The van der Waals surface area contributed by atoms with Crippen molar-refractivity contribution < 1.29 is 93.9 Å². The molecule has 0 fully saturated rings. The van der Waals surface area contributed by atoms with E-state index in [4.69, 9.17) is 0 Å². The molecule has 140 heavy (non-hydrogen) atoms. The summed E-state index contributed by atoms with van der Waals surface area (Å²) in [6.45, 7) is 102. The first-order valence-electron chi connectivity index (χ1n) is 50.0. The summed E-state index contributed by atoms with van der Waals surface area (Å²) >= 11 is 0. The SMILES string of the molecule is CC(C)(C)c1cc(C(c2ccc(C(c3cc(C(C)(C)C)cc(C(C)(C)C)c3[O-])c3cc(C(C)(C)C)cc(C(C)(C)C)c3[O-])cc2)c2cc(C(C)(C)C)cc(C(C)(C)C)c2[O-])c([O-])c(C(C)(C)C)c1.CC(C)(C)c1cc(C(c2ccc(C(c3cc(C(C)(C)C)cc(C(C)(C)C)c3[O-])c3cc(C(C)(C)C)cc(C(C)(C)C)c3[O-])cc2)c2cc(C(C)(C)C)cc(C(C)(C)C)c2[O-])c([O-])c(C(C)(C)C)c1.[Mo].[Mo].[O-2].[O-2]. The molecule has 0 bridgehead atoms. The van der Waals surface area contributed by atoms with Gasteiger partial charge in [-0.05, 0) is 242 Å². The van der Waals surface area contributed by atoms with Gasteiger partial charge in [0.05, 0.1) is 0 Å². The minimum absolute atomic E-state index is 0. The second-order valence-corrected chi connectivity index (χ2v) is 56.6. The molecule has 0 amide bonds. The topological polar surface area (TPSA) is 241 Å². The maximum atomic E-state index is 15.3. The summed E-state index contributed by atoms with van der Waals surface area (Å²) in [5.74, 6) is -3.38. The number of hydrogen-bond acceptors (Lipinski definition) is 8. The van der Waals surface area contributed by atoms with E-state index in [1.54, 1.807) is 0 Å². The van der Waals surface area contributed by atoms with E-state index in [1.807, 2.05) is 97.1 Å². The Morgan fingerprint density at radius 2 is 0.214 bits per heavy atom. The van der Waals surface area contributed by atoms with Crippen LogP contribution in [0.3, 0.4) is 0 Å². The first-order chi connectivity index (χ1) is 60.9. The van der Waals surface area contributed by atoms with Gasteiger partial charge in [0.2, 0.25) is 0 Å². The fraction of sp³-hybridized carbons (Fsp3) is 0.531. The Morgan fingerprint density at radius 1 is 0.136 bits per heavy atom. The molecule has 10 nitrogen and oxygen atoms in total. The molecule has 0 radical (unpaired) electrons. The van der Waals surface area contributed by atoms with Crippen molar-refractivity contribution in [1.29, 1.82) is 0 Å². The van der Waals surface area contributed by atoms with Crippen LogP contribution < -0.4 is 40.9 Å². The normalized spacial score (nSPS) is 13.4. The van der Waals surface area contributed by atoms with Gasteiger partial charge < -0.3 is 51.8 Å². The fourth-order valence-corrected chi connectivity index (χ4v) is 18.7. The molecular weight excluding hydrogens is 1890 g/mol. The van der Waals surface area contributed by atoms with E-state index in [1.165, 1.54) is 0 Å². The van der Waals surface area contributed by atoms with Gasteiger partial charge in [-0.3, -0.25) is 0 Å². The molecule has 10 aromatic rings. The molecule has 0 aromatic heterocycles. The predicted molar refractivity (Wildman–Crippen MR) is 564 cm³/mol. The standard InChI is InChI=1S/2C64H90O4.2Mo.2O/c2*1-57(2,3)39-29-43(53(65)47(33-39)61(13,14)15)51(44-30-40(58(4,5)6)34-48(54(44)66)62(16,17)18)37-25-27-38(28-26-37)52(45-31-41(59(7,8)9)35-49(55(45)67)63(19,20)21)46-32-42(60(10,11)12)36-50(56(46)68)64(22,23)24;;;;/h2*25-36,51-52,65-68H,1-24H3;;;;/q;;;;2*-2/p-8. The van der Waals surface area contributed by atoms with Gasteiger partial charge in [0.15, 0.2) is 0 Å². The van der Waals surface area contributed by atoms with Gasteiger partial charge in [-0.1, -0.05) is 478 Å². The molecule has 0 aliphatic carbocycles. The summed E-state index contributed by atoms with van der Waals surface area (Å²) in [4.78, 5) is 0. The Hall–Kier alpha value is -8.10. The van der Waals surface area contributed by atoms with Crippen molar-refractivity contribution in [3.05, 3.63) is 301 Å². The van der Waals surface area contributed by atoms with Crippen LogP contribution in [0, 0.1) is 0 Å². The molecule has 10 aromatic carbocycles. The molecule has 0 saturated carbocycles. The summed E-state index contributed by atoms with van der Waals surface area (Å²) in [5, 5.41) is 122. The second kappa shape index (κ2) is 41.1. The van der Waals surface area contributed by atoms with Crippen LogP contribution in [0.5, 0.6) is 46.0 Å². The van der Waals surface area contributed by atoms with E-state index >= 15 is 40.9 Å². The van der Waals surface area contributed by atoms with E-state index in [0.29, 0.717) is 89.0 Å². The number of benzene rings is 10. The summed E-state index contributed by atoms with van der Waals surface area (Å²) in [6.07, 6.45) is 0. The van der Waals surface area contributed by atoms with Crippen LogP contribution in [0.25, 0.3) is 0 Å². The van der Waals surface area contributed by atoms with E-state index in [0.717, 1.165) is 66.8 Å². The fourth-order valence-electron chi connectivity index (χ4n) is 18.7. The van der Waals surface area contributed by atoms with Crippen LogP contribution in [0.1, 0.15) is 512 Å². The zero-order valence-electron chi connectivity index (χ0n) is 95.1. The third kappa shape index (κ3) is 26.8. The predicted octanol–water partition coefficient (Wildman–Crippen LogP) is 29.2. The van der Waals surface area contributed by atoms with Crippen molar-refractivity contribution in [2.45, 2.75) is 443 Å². The number of hydrogen-bond donors (Lipinski definition) is 0. The first-order valence-corrected chi connectivity index (χ1v) is 50.0. The van der Waals surface area contributed by atoms with Gasteiger partial charge in [0.25, 0.3) is 0 Å². The molecule has 12 heteroatoms. The van der Waals surface area contributed by atoms with Crippen LogP contribution >= 0.6 is 0 Å². The Kier molecular flexibility index (Phi) is 35.9. The van der Waals surface area contributed by atoms with Crippen molar-refractivity contribution in [1.82, 2.24) is 0 Å². The summed E-state index contributed by atoms with van der Waals surface area (Å²) < 4.78 is 0. The van der Waals surface area contributed by atoms with Crippen LogP contribution in [0.2, 0.25) is 0 Å². The van der Waals surface area contributed by atoms with E-state index in [9.17, 15) is 0 Å². The first kappa shape index (κ1) is 122. The van der Waals surface area contributed by atoms with E-state index in [2.05, 4.69) is 381 Å². The van der Waals surface area contributed by atoms with Gasteiger partial charge in [-0.2, -0.15) is 0 Å². The molecule has 0 heterocycles. The monoisotopic (exact) mass is 2070 g/mol. The van der Waals surface area contributed by atoms with Crippen LogP contribution in [-0.4, -0.2) is 0 Å². The van der Waals surface area contributed by atoms with Crippen molar-refractivity contribution >= 4 is 0 Å². The third-order valence-corrected chi connectivity index (χ3v) is 28.0. The van der Waals surface area contributed by atoms with Crippen molar-refractivity contribution in [2.24, 2.45) is 0 Å². The van der Waals surface area contributed by atoms with Crippen LogP contribution in [0.15, 0.2) is 146 Å². The minimum atomic E-state index is -0.715. The smallest absolute Gasteiger partial charge is 0.0328 e. The molecule has 0 saturated heterocycles. The zero-order valence-corrected chi connectivity index (χ0v) is 99.1. The molecule has 10 rings (SSSR count). The number of rotatable bonds is 12. The van der Waals surface area contributed by atoms with Gasteiger partial charge in [-0.25, -0.2) is 0 Å². The van der Waals surface area contributed by atoms with Crippen molar-refractivity contribution in [3.63, 3.8) is 0 Å². The molecule has 0 N–H and O–H groups in total. The molecule has 0 aliphatic heterocycles. The quantitative estimate of drug-likeness (QED) is 0.0839. The average Bonchev–Trinajstić information content (AvgIpc) is 0.740. The van der Waals surface area contributed by atoms with Crippen molar-refractivity contribution in [3.8, 4) is 46.0 Å². The van der Waals surface area contributed by atoms with E-state index in [-0.39, 0.29) is 142 Å². The summed E-state index contributed by atoms with van der Waals surface area (Å²) in [5.41, 5.74) is 15.6.